The smallest absolute Gasteiger partial charge is 0.166 e. The van der Waals surface area contributed by atoms with Gasteiger partial charge in [-0.2, -0.15) is 0 Å². The third kappa shape index (κ3) is 4.23. The van der Waals surface area contributed by atoms with E-state index in [0.717, 1.165) is 36.9 Å². The summed E-state index contributed by atoms with van der Waals surface area (Å²) in [5, 5.41) is 3.32. The van der Waals surface area contributed by atoms with Crippen molar-refractivity contribution in [2.24, 2.45) is 0 Å². The van der Waals surface area contributed by atoms with E-state index in [1.165, 1.54) is 6.20 Å². The van der Waals surface area contributed by atoms with Gasteiger partial charge in [0.25, 0.3) is 0 Å². The summed E-state index contributed by atoms with van der Waals surface area (Å²) in [5.41, 5.74) is 0.871. The predicted octanol–water partition coefficient (Wildman–Crippen LogP) is 4.21. The normalized spacial score (nSPS) is 12.2. The molecule has 0 saturated heterocycles. The maximum Gasteiger partial charge on any atom is 0.166 e. The quantitative estimate of drug-likeness (QED) is 0.866. The minimum absolute atomic E-state index is 0.130. The zero-order valence-electron chi connectivity index (χ0n) is 12.1. The van der Waals surface area contributed by atoms with E-state index in [4.69, 9.17) is 4.74 Å². The average Bonchev–Trinajstić information content (AvgIpc) is 2.49. The summed E-state index contributed by atoms with van der Waals surface area (Å²) in [7, 11) is 0. The van der Waals surface area contributed by atoms with E-state index >= 15 is 0 Å². The summed E-state index contributed by atoms with van der Waals surface area (Å²) in [6.45, 7) is 5.03. The molecular formula is C16H18F2N2O. The lowest BCUT2D eigenvalue weighted by molar-refractivity contribution is 0.434. The fraction of sp³-hybridized carbons (Fsp3) is 0.312. The van der Waals surface area contributed by atoms with Crippen molar-refractivity contribution in [2.45, 2.75) is 26.3 Å². The molecule has 0 spiro atoms. The average molecular weight is 292 g/mol. The molecule has 1 N–H and O–H groups in total. The predicted molar refractivity (Wildman–Crippen MR) is 77.4 cm³/mol. The summed E-state index contributed by atoms with van der Waals surface area (Å²) >= 11 is 0. The molecule has 0 fully saturated rings. The molecule has 1 atom stereocenters. The molecule has 0 bridgehead atoms. The highest BCUT2D eigenvalue weighted by molar-refractivity contribution is 5.31. The number of hydrogen-bond acceptors (Lipinski definition) is 3. The Balaban J connectivity index is 2.07. The Morgan fingerprint density at radius 1 is 1.24 bits per heavy atom. The Morgan fingerprint density at radius 2 is 2.05 bits per heavy atom. The second-order valence-corrected chi connectivity index (χ2v) is 4.77. The number of hydrogen-bond donors (Lipinski definition) is 1. The van der Waals surface area contributed by atoms with E-state index in [-0.39, 0.29) is 11.8 Å². The minimum atomic E-state index is -0.613. The van der Waals surface area contributed by atoms with Crippen molar-refractivity contribution >= 4 is 0 Å². The van der Waals surface area contributed by atoms with Crippen LogP contribution in [0.2, 0.25) is 0 Å². The number of benzene rings is 1. The Kier molecular flexibility index (Phi) is 5.22. The van der Waals surface area contributed by atoms with Crippen molar-refractivity contribution < 1.29 is 13.5 Å². The number of aromatic nitrogens is 1. The third-order valence-corrected chi connectivity index (χ3v) is 3.02. The van der Waals surface area contributed by atoms with Crippen molar-refractivity contribution in [3.05, 3.63) is 53.9 Å². The van der Waals surface area contributed by atoms with Crippen LogP contribution in [0.1, 0.15) is 32.0 Å². The molecule has 1 unspecified atom stereocenters. The molecular weight excluding hydrogens is 274 g/mol. The maximum absolute atomic E-state index is 13.5. The number of halogens is 2. The molecule has 0 saturated carbocycles. The van der Waals surface area contributed by atoms with Crippen LogP contribution in [-0.4, -0.2) is 11.5 Å². The molecule has 1 aromatic carbocycles. The highest BCUT2D eigenvalue weighted by Crippen LogP contribution is 2.25. The van der Waals surface area contributed by atoms with Crippen molar-refractivity contribution in [2.75, 3.05) is 6.54 Å². The summed E-state index contributed by atoms with van der Waals surface area (Å²) < 4.78 is 31.9. The van der Waals surface area contributed by atoms with Gasteiger partial charge in [0.05, 0.1) is 11.9 Å². The number of ether oxygens (including phenoxy) is 1. The van der Waals surface area contributed by atoms with Crippen LogP contribution in [0.4, 0.5) is 8.78 Å². The zero-order chi connectivity index (χ0) is 15.2. The van der Waals surface area contributed by atoms with Gasteiger partial charge in [0.1, 0.15) is 11.6 Å². The lowest BCUT2D eigenvalue weighted by atomic mass is 10.2. The first kappa shape index (κ1) is 15.4. The van der Waals surface area contributed by atoms with Crippen molar-refractivity contribution in [3.8, 4) is 11.5 Å². The van der Waals surface area contributed by atoms with Gasteiger partial charge in [-0.15, -0.1) is 0 Å². The van der Waals surface area contributed by atoms with Crippen LogP contribution in [0.15, 0.2) is 36.5 Å². The fourth-order valence-corrected chi connectivity index (χ4v) is 1.86. The van der Waals surface area contributed by atoms with E-state index in [1.54, 1.807) is 12.1 Å². The van der Waals surface area contributed by atoms with E-state index < -0.39 is 11.6 Å². The summed E-state index contributed by atoms with van der Waals surface area (Å²) in [6, 6.07) is 6.71. The first-order valence-electron chi connectivity index (χ1n) is 6.92. The van der Waals surface area contributed by atoms with Gasteiger partial charge in [-0.1, -0.05) is 6.92 Å². The van der Waals surface area contributed by atoms with Crippen LogP contribution < -0.4 is 10.1 Å². The molecule has 112 valence electrons. The Bertz CT molecular complexity index is 587. The standard InChI is InChI=1S/C16H18F2N2O/c1-3-8-19-11(2)15-7-5-13(10-20-15)21-16-9-12(17)4-6-14(16)18/h4-7,9-11,19H,3,8H2,1-2H3. The van der Waals surface area contributed by atoms with Gasteiger partial charge in [-0.05, 0) is 44.2 Å². The highest BCUT2D eigenvalue weighted by atomic mass is 19.1. The largest absolute Gasteiger partial charge is 0.453 e. The Labute approximate surface area is 123 Å². The molecule has 1 heterocycles. The zero-order valence-corrected chi connectivity index (χ0v) is 12.1. The van der Waals surface area contributed by atoms with E-state index in [0.29, 0.717) is 5.75 Å². The maximum atomic E-state index is 13.5. The Hall–Kier alpha value is -2.01. The monoisotopic (exact) mass is 292 g/mol. The van der Waals surface area contributed by atoms with Crippen LogP contribution in [0.3, 0.4) is 0 Å². The summed E-state index contributed by atoms with van der Waals surface area (Å²) in [6.07, 6.45) is 2.55. The summed E-state index contributed by atoms with van der Waals surface area (Å²) in [4.78, 5) is 4.28. The van der Waals surface area contributed by atoms with Gasteiger partial charge in [-0.25, -0.2) is 8.78 Å². The van der Waals surface area contributed by atoms with Gasteiger partial charge >= 0.3 is 0 Å². The molecule has 1 aromatic heterocycles. The van der Waals surface area contributed by atoms with Crippen LogP contribution in [-0.2, 0) is 0 Å². The Morgan fingerprint density at radius 3 is 2.71 bits per heavy atom. The molecule has 0 aliphatic heterocycles. The summed E-state index contributed by atoms with van der Waals surface area (Å²) in [5.74, 6) is -0.945. The van der Waals surface area contributed by atoms with Crippen LogP contribution in [0.5, 0.6) is 11.5 Å². The molecule has 0 aliphatic rings. The van der Waals surface area contributed by atoms with Gasteiger partial charge < -0.3 is 10.1 Å². The number of nitrogens with zero attached hydrogens (tertiary/aromatic N) is 1. The molecule has 0 aliphatic carbocycles. The second kappa shape index (κ2) is 7.13. The van der Waals surface area contributed by atoms with Crippen LogP contribution in [0.25, 0.3) is 0 Å². The van der Waals surface area contributed by atoms with Gasteiger partial charge in [-0.3, -0.25) is 4.98 Å². The van der Waals surface area contributed by atoms with E-state index in [1.807, 2.05) is 6.92 Å². The SMILES string of the molecule is CCCNC(C)c1ccc(Oc2cc(F)ccc2F)cn1. The van der Waals surface area contributed by atoms with E-state index in [9.17, 15) is 8.78 Å². The molecule has 2 rings (SSSR count). The van der Waals surface area contributed by atoms with Gasteiger partial charge in [0.15, 0.2) is 11.6 Å². The van der Waals surface area contributed by atoms with Gasteiger partial charge in [0, 0.05) is 12.1 Å². The fourth-order valence-electron chi connectivity index (χ4n) is 1.86. The third-order valence-electron chi connectivity index (χ3n) is 3.02. The van der Waals surface area contributed by atoms with Crippen LogP contribution in [0, 0.1) is 11.6 Å². The van der Waals surface area contributed by atoms with Gasteiger partial charge in [0.2, 0.25) is 0 Å². The van der Waals surface area contributed by atoms with Crippen molar-refractivity contribution in [1.29, 1.82) is 0 Å². The first-order chi connectivity index (χ1) is 10.1. The topological polar surface area (TPSA) is 34.1 Å². The number of rotatable bonds is 6. The molecule has 2 aromatic rings. The van der Waals surface area contributed by atoms with Crippen molar-refractivity contribution in [1.82, 2.24) is 10.3 Å². The molecule has 0 amide bonds. The lowest BCUT2D eigenvalue weighted by Gasteiger charge is -2.13. The highest BCUT2D eigenvalue weighted by Gasteiger charge is 2.09. The number of pyridine rings is 1. The minimum Gasteiger partial charge on any atom is -0.453 e. The molecule has 21 heavy (non-hydrogen) atoms. The van der Waals surface area contributed by atoms with Crippen molar-refractivity contribution in [3.63, 3.8) is 0 Å². The first-order valence-corrected chi connectivity index (χ1v) is 6.92. The van der Waals surface area contributed by atoms with Crippen LogP contribution >= 0.6 is 0 Å². The lowest BCUT2D eigenvalue weighted by Crippen LogP contribution is -2.20. The number of nitrogens with one attached hydrogen (secondary N) is 1. The molecule has 3 nitrogen and oxygen atoms in total. The molecule has 5 heteroatoms. The van der Waals surface area contributed by atoms with E-state index in [2.05, 4.69) is 17.2 Å². The molecule has 0 radical (unpaired) electrons. The second-order valence-electron chi connectivity index (χ2n) is 4.77.